The molecule has 0 spiro atoms. The van der Waals surface area contributed by atoms with E-state index in [0.29, 0.717) is 10.9 Å². The van der Waals surface area contributed by atoms with Gasteiger partial charge in [-0.2, -0.15) is 0 Å². The number of amides is 1. The van der Waals surface area contributed by atoms with E-state index < -0.39 is 24.3 Å². The van der Waals surface area contributed by atoms with Gasteiger partial charge in [0.05, 0.1) is 27.3 Å². The van der Waals surface area contributed by atoms with Gasteiger partial charge in [-0.15, -0.1) is 22.7 Å². The van der Waals surface area contributed by atoms with E-state index in [2.05, 4.69) is 5.32 Å². The first-order valence-corrected chi connectivity index (χ1v) is 14.1. The average Bonchev–Trinajstić information content (AvgIpc) is 3.14. The van der Waals surface area contributed by atoms with Gasteiger partial charge in [-0.25, -0.2) is 4.79 Å². The molecule has 1 saturated carbocycles. The van der Waals surface area contributed by atoms with Crippen molar-refractivity contribution in [2.45, 2.75) is 96.7 Å². The fraction of sp³-hybridized carbons (Fsp3) is 0.600. The van der Waals surface area contributed by atoms with E-state index in [1.807, 2.05) is 67.5 Å². The SMILES string of the molecule is CC1(C)OB(c2ccc(C(=O)NC3CC3)s2)OC1(C)C.CC1(C)OB(c2ccc(C(=O)O)s2)OC1(C)C. The fourth-order valence-electron chi connectivity index (χ4n) is 3.60. The number of carboxylic acids is 1. The van der Waals surface area contributed by atoms with Crippen LogP contribution >= 0.6 is 22.7 Å². The van der Waals surface area contributed by atoms with Crippen LogP contribution in [0, 0.1) is 0 Å². The average molecular weight is 547 g/mol. The van der Waals surface area contributed by atoms with Crippen LogP contribution in [0.2, 0.25) is 0 Å². The minimum atomic E-state index is -0.919. The van der Waals surface area contributed by atoms with Gasteiger partial charge in [0.15, 0.2) is 0 Å². The van der Waals surface area contributed by atoms with E-state index >= 15 is 0 Å². The molecule has 8 nitrogen and oxygen atoms in total. The van der Waals surface area contributed by atoms with Crippen molar-refractivity contribution in [3.8, 4) is 0 Å². The molecule has 3 aliphatic rings. The molecule has 0 bridgehead atoms. The number of rotatable bonds is 5. The van der Waals surface area contributed by atoms with Gasteiger partial charge >= 0.3 is 20.2 Å². The highest BCUT2D eigenvalue weighted by atomic mass is 32.1. The Labute approximate surface area is 227 Å². The van der Waals surface area contributed by atoms with Crippen LogP contribution < -0.4 is 14.9 Å². The van der Waals surface area contributed by atoms with Crippen LogP contribution in [0.1, 0.15) is 87.6 Å². The standard InChI is InChI=1S/C14H20BNO3S.C11H15BO4S/c1-13(2)14(3,4)19-15(18-13)11-8-7-10(20-11)12(17)16-9-5-6-9;1-10(2)11(3,4)16-12(15-10)8-6-5-7(17-8)9(13)14/h7-9H,5-6H2,1-4H3,(H,16,17);5-6H,1-4H3,(H,13,14). The fourth-order valence-corrected chi connectivity index (χ4v) is 5.27. The molecule has 12 heteroatoms. The van der Waals surface area contributed by atoms with Crippen LogP contribution in [-0.2, 0) is 18.6 Å². The van der Waals surface area contributed by atoms with Crippen molar-refractivity contribution in [1.29, 1.82) is 0 Å². The molecule has 2 aliphatic heterocycles. The van der Waals surface area contributed by atoms with Gasteiger partial charge in [0.2, 0.25) is 0 Å². The lowest BCUT2D eigenvalue weighted by Crippen LogP contribution is -2.41. The Bertz CT molecular complexity index is 1140. The third-order valence-corrected chi connectivity index (χ3v) is 9.77. The molecule has 2 aromatic rings. The molecule has 4 heterocycles. The highest BCUT2D eigenvalue weighted by Gasteiger charge is 2.53. The highest BCUT2D eigenvalue weighted by molar-refractivity contribution is 7.24. The quantitative estimate of drug-likeness (QED) is 0.551. The third kappa shape index (κ3) is 5.99. The second kappa shape index (κ2) is 9.81. The van der Waals surface area contributed by atoms with E-state index in [1.165, 1.54) is 22.7 Å². The summed E-state index contributed by atoms with van der Waals surface area (Å²) in [6.45, 7) is 16.0. The molecule has 1 aliphatic carbocycles. The van der Waals surface area contributed by atoms with Crippen molar-refractivity contribution in [3.63, 3.8) is 0 Å². The molecular weight excluding hydrogens is 512 g/mol. The predicted octanol–water partition coefficient (Wildman–Crippen LogP) is 3.69. The summed E-state index contributed by atoms with van der Waals surface area (Å²) in [4.78, 5) is 23.8. The van der Waals surface area contributed by atoms with E-state index in [4.69, 9.17) is 23.7 Å². The number of thiophene rings is 2. The molecule has 2 aromatic heterocycles. The number of carbonyl (C=O) groups excluding carboxylic acids is 1. The topological polar surface area (TPSA) is 103 Å². The summed E-state index contributed by atoms with van der Waals surface area (Å²) in [5.41, 5.74) is -1.49. The van der Waals surface area contributed by atoms with Gasteiger partial charge in [0.25, 0.3) is 5.91 Å². The van der Waals surface area contributed by atoms with Gasteiger partial charge < -0.3 is 29.0 Å². The van der Waals surface area contributed by atoms with E-state index in [9.17, 15) is 9.59 Å². The Morgan fingerprint density at radius 2 is 1.14 bits per heavy atom. The zero-order chi connectivity index (χ0) is 27.4. The first-order valence-electron chi connectivity index (χ1n) is 12.5. The molecule has 0 radical (unpaired) electrons. The first kappa shape index (κ1) is 28.3. The van der Waals surface area contributed by atoms with Crippen LogP contribution in [0.5, 0.6) is 0 Å². The predicted molar refractivity (Wildman–Crippen MR) is 148 cm³/mol. The Morgan fingerprint density at radius 3 is 1.49 bits per heavy atom. The van der Waals surface area contributed by atoms with E-state index in [1.54, 1.807) is 12.1 Å². The summed E-state index contributed by atoms with van der Waals surface area (Å²) in [6.07, 6.45) is 2.20. The first-order chi connectivity index (χ1) is 17.0. The van der Waals surface area contributed by atoms with Crippen molar-refractivity contribution in [1.82, 2.24) is 5.32 Å². The monoisotopic (exact) mass is 547 g/mol. The number of nitrogens with one attached hydrogen (secondary N) is 1. The van der Waals surface area contributed by atoms with Gasteiger partial charge in [0.1, 0.15) is 4.88 Å². The number of carbonyl (C=O) groups is 2. The summed E-state index contributed by atoms with van der Waals surface area (Å²) in [7, 11) is -0.856. The van der Waals surface area contributed by atoms with Gasteiger partial charge in [-0.3, -0.25) is 4.79 Å². The maximum absolute atomic E-state index is 12.0. The van der Waals surface area contributed by atoms with Crippen molar-refractivity contribution in [2.24, 2.45) is 0 Å². The smallest absolute Gasteiger partial charge is 0.477 e. The normalized spacial score (nSPS) is 22.9. The van der Waals surface area contributed by atoms with Crippen molar-refractivity contribution in [2.75, 3.05) is 0 Å². The Kier molecular flexibility index (Phi) is 7.51. The summed E-state index contributed by atoms with van der Waals surface area (Å²) < 4.78 is 25.4. The molecule has 0 unspecified atom stereocenters. The minimum absolute atomic E-state index is 0.0141. The Hall–Kier alpha value is -1.69. The lowest BCUT2D eigenvalue weighted by Gasteiger charge is -2.32. The number of carboxylic acid groups (broad SMARTS) is 1. The largest absolute Gasteiger partial charge is 0.505 e. The van der Waals surface area contributed by atoms with Crippen molar-refractivity contribution in [3.05, 3.63) is 34.0 Å². The molecule has 2 saturated heterocycles. The molecule has 5 rings (SSSR count). The van der Waals surface area contributed by atoms with Crippen molar-refractivity contribution >= 4 is 58.3 Å². The maximum atomic E-state index is 12.0. The zero-order valence-corrected chi connectivity index (χ0v) is 24.3. The molecule has 3 fully saturated rings. The highest BCUT2D eigenvalue weighted by Crippen LogP contribution is 2.38. The third-order valence-electron chi connectivity index (χ3n) is 7.57. The van der Waals surface area contributed by atoms with Crippen molar-refractivity contribution < 1.29 is 33.3 Å². The number of aromatic carboxylic acids is 1. The number of hydrogen-bond acceptors (Lipinski definition) is 8. The minimum Gasteiger partial charge on any atom is -0.477 e. The Morgan fingerprint density at radius 1 is 0.757 bits per heavy atom. The Balaban J connectivity index is 0.000000176. The second-order valence-electron chi connectivity index (χ2n) is 11.6. The lowest BCUT2D eigenvalue weighted by atomic mass is 9.88. The second-order valence-corrected chi connectivity index (χ2v) is 13.9. The van der Waals surface area contributed by atoms with Crippen LogP contribution in [0.4, 0.5) is 0 Å². The maximum Gasteiger partial charge on any atom is 0.505 e. The summed E-state index contributed by atoms with van der Waals surface area (Å²) in [5.74, 6) is -0.905. The molecule has 1 amide bonds. The van der Waals surface area contributed by atoms with E-state index in [-0.39, 0.29) is 24.2 Å². The summed E-state index contributed by atoms with van der Waals surface area (Å²) in [6, 6.07) is 7.48. The molecule has 200 valence electrons. The van der Waals surface area contributed by atoms with E-state index in [0.717, 1.165) is 27.3 Å². The van der Waals surface area contributed by atoms with Crippen LogP contribution in [0.25, 0.3) is 0 Å². The zero-order valence-electron chi connectivity index (χ0n) is 22.7. The summed E-state index contributed by atoms with van der Waals surface area (Å²) in [5, 5.41) is 11.9. The molecule has 0 atom stereocenters. The lowest BCUT2D eigenvalue weighted by molar-refractivity contribution is 0.00578. The van der Waals surface area contributed by atoms with Gasteiger partial charge in [-0.05, 0) is 80.4 Å². The molecule has 2 N–H and O–H groups in total. The molecule has 37 heavy (non-hydrogen) atoms. The number of hydrogen-bond donors (Lipinski definition) is 2. The van der Waals surface area contributed by atoms with Gasteiger partial charge in [-0.1, -0.05) is 12.1 Å². The van der Waals surface area contributed by atoms with Crippen LogP contribution in [0.15, 0.2) is 24.3 Å². The summed E-state index contributed by atoms with van der Waals surface area (Å²) >= 11 is 2.64. The van der Waals surface area contributed by atoms with Gasteiger partial charge in [0, 0.05) is 15.6 Å². The molecular formula is C25H35B2NO7S2. The van der Waals surface area contributed by atoms with Crippen LogP contribution in [-0.4, -0.2) is 59.7 Å². The molecule has 0 aromatic carbocycles. The van der Waals surface area contributed by atoms with Crippen LogP contribution in [0.3, 0.4) is 0 Å².